The minimum atomic E-state index is -0.178. The van der Waals surface area contributed by atoms with Crippen molar-refractivity contribution in [2.75, 3.05) is 0 Å². The van der Waals surface area contributed by atoms with Crippen LogP contribution in [0.25, 0.3) is 0 Å². The van der Waals surface area contributed by atoms with Crippen molar-refractivity contribution >= 4 is 0 Å². The molecule has 2 unspecified atom stereocenters. The highest BCUT2D eigenvalue weighted by atomic mass is 16.3. The summed E-state index contributed by atoms with van der Waals surface area (Å²) in [6.07, 6.45) is 6.05. The van der Waals surface area contributed by atoms with Gasteiger partial charge in [-0.15, -0.1) is 0 Å². The molecule has 1 aromatic heterocycles. The van der Waals surface area contributed by atoms with E-state index in [2.05, 4.69) is 15.3 Å². The summed E-state index contributed by atoms with van der Waals surface area (Å²) in [6.45, 7) is 2.71. The van der Waals surface area contributed by atoms with Crippen LogP contribution in [-0.2, 0) is 6.54 Å². The van der Waals surface area contributed by atoms with Crippen LogP contribution in [0.1, 0.15) is 37.2 Å². The maximum absolute atomic E-state index is 9.76. The summed E-state index contributed by atoms with van der Waals surface area (Å²) in [5.41, 5.74) is 1.09. The number of aliphatic hydroxyl groups excluding tert-OH is 1. The molecule has 15 heavy (non-hydrogen) atoms. The Morgan fingerprint density at radius 1 is 1.53 bits per heavy atom. The zero-order valence-electron chi connectivity index (χ0n) is 9.16. The minimum absolute atomic E-state index is 0.178. The molecular formula is C11H19N3O. The van der Waals surface area contributed by atoms with Gasteiger partial charge in [0.05, 0.1) is 6.10 Å². The predicted molar refractivity (Wildman–Crippen MR) is 58.4 cm³/mol. The normalized spacial score (nSPS) is 26.8. The Balaban J connectivity index is 1.81. The third-order valence-corrected chi connectivity index (χ3v) is 3.04. The number of aromatic amines is 1. The smallest absolute Gasteiger partial charge is 0.103 e. The van der Waals surface area contributed by atoms with Gasteiger partial charge in [-0.25, -0.2) is 4.98 Å². The summed E-state index contributed by atoms with van der Waals surface area (Å²) < 4.78 is 0. The molecule has 0 aromatic carbocycles. The molecule has 3 N–H and O–H groups in total. The average molecular weight is 209 g/mol. The topological polar surface area (TPSA) is 60.9 Å². The highest BCUT2D eigenvalue weighted by Crippen LogP contribution is 2.18. The lowest BCUT2D eigenvalue weighted by Gasteiger charge is -2.28. The number of aromatic nitrogens is 2. The fourth-order valence-electron chi connectivity index (χ4n) is 2.15. The Bertz CT molecular complexity index is 311. The van der Waals surface area contributed by atoms with Gasteiger partial charge in [-0.2, -0.15) is 0 Å². The van der Waals surface area contributed by atoms with Gasteiger partial charge in [-0.1, -0.05) is 12.8 Å². The van der Waals surface area contributed by atoms with Crippen LogP contribution in [-0.4, -0.2) is 27.2 Å². The second-order valence-corrected chi connectivity index (χ2v) is 4.33. The number of nitrogens with one attached hydrogen (secondary N) is 2. The summed E-state index contributed by atoms with van der Waals surface area (Å²) in [6, 6.07) is 0.252. The van der Waals surface area contributed by atoms with Crippen LogP contribution >= 0.6 is 0 Å². The largest absolute Gasteiger partial charge is 0.392 e. The Labute approximate surface area is 90.1 Å². The maximum Gasteiger partial charge on any atom is 0.103 e. The molecule has 0 amide bonds. The van der Waals surface area contributed by atoms with Crippen molar-refractivity contribution < 1.29 is 5.11 Å². The number of imidazole rings is 1. The van der Waals surface area contributed by atoms with E-state index < -0.39 is 0 Å². The van der Waals surface area contributed by atoms with Gasteiger partial charge in [0.25, 0.3) is 0 Å². The third kappa shape index (κ3) is 2.79. The molecule has 0 spiro atoms. The second-order valence-electron chi connectivity index (χ2n) is 4.33. The lowest BCUT2D eigenvalue weighted by molar-refractivity contribution is 0.0901. The zero-order chi connectivity index (χ0) is 10.7. The Morgan fingerprint density at radius 3 is 3.00 bits per heavy atom. The van der Waals surface area contributed by atoms with Gasteiger partial charge < -0.3 is 15.4 Å². The molecule has 84 valence electrons. The van der Waals surface area contributed by atoms with E-state index in [1.54, 1.807) is 0 Å². The zero-order valence-corrected chi connectivity index (χ0v) is 9.16. The van der Waals surface area contributed by atoms with Crippen molar-refractivity contribution in [1.29, 1.82) is 0 Å². The lowest BCUT2D eigenvalue weighted by Crippen LogP contribution is -2.41. The van der Waals surface area contributed by atoms with Crippen molar-refractivity contribution in [2.45, 2.75) is 51.3 Å². The summed E-state index contributed by atoms with van der Waals surface area (Å²) in [5.74, 6) is 0.941. The van der Waals surface area contributed by atoms with E-state index in [1.807, 2.05) is 13.1 Å². The van der Waals surface area contributed by atoms with Gasteiger partial charge in [0.15, 0.2) is 0 Å². The second kappa shape index (κ2) is 4.77. The van der Waals surface area contributed by atoms with Crippen LogP contribution in [0.2, 0.25) is 0 Å². The molecule has 4 heteroatoms. The predicted octanol–water partition coefficient (Wildman–Crippen LogP) is 1.11. The van der Waals surface area contributed by atoms with Gasteiger partial charge in [-0.3, -0.25) is 0 Å². The Kier molecular flexibility index (Phi) is 3.38. The third-order valence-electron chi connectivity index (χ3n) is 3.04. The highest BCUT2D eigenvalue weighted by molar-refractivity contribution is 5.00. The first-order valence-corrected chi connectivity index (χ1v) is 5.67. The van der Waals surface area contributed by atoms with E-state index in [-0.39, 0.29) is 12.1 Å². The van der Waals surface area contributed by atoms with Gasteiger partial charge in [0.1, 0.15) is 5.82 Å². The fourth-order valence-corrected chi connectivity index (χ4v) is 2.15. The first-order valence-electron chi connectivity index (χ1n) is 5.67. The highest BCUT2D eigenvalue weighted by Gasteiger charge is 2.22. The number of hydrogen-bond acceptors (Lipinski definition) is 3. The van der Waals surface area contributed by atoms with E-state index in [0.29, 0.717) is 0 Å². The molecule has 0 saturated heterocycles. The van der Waals surface area contributed by atoms with E-state index in [1.165, 1.54) is 6.42 Å². The van der Waals surface area contributed by atoms with Crippen LogP contribution in [0.15, 0.2) is 6.20 Å². The molecule has 0 radical (unpaired) electrons. The molecule has 2 atom stereocenters. The number of H-pyrrole nitrogens is 1. The number of aliphatic hydroxyl groups is 1. The molecule has 1 aliphatic rings. The van der Waals surface area contributed by atoms with Gasteiger partial charge in [-0.05, 0) is 19.8 Å². The number of nitrogens with zero attached hydrogens (tertiary/aromatic N) is 1. The summed E-state index contributed by atoms with van der Waals surface area (Å²) in [7, 11) is 0. The van der Waals surface area contributed by atoms with Crippen molar-refractivity contribution in [1.82, 2.24) is 15.3 Å². The Morgan fingerprint density at radius 2 is 2.33 bits per heavy atom. The summed E-state index contributed by atoms with van der Waals surface area (Å²) in [4.78, 5) is 7.32. The Hall–Kier alpha value is -0.870. The van der Waals surface area contributed by atoms with E-state index in [9.17, 15) is 5.11 Å². The lowest BCUT2D eigenvalue weighted by atomic mass is 9.92. The van der Waals surface area contributed by atoms with Crippen molar-refractivity contribution in [3.63, 3.8) is 0 Å². The first kappa shape index (κ1) is 10.6. The molecule has 4 nitrogen and oxygen atoms in total. The summed E-state index contributed by atoms with van der Waals surface area (Å²) >= 11 is 0. The number of rotatable bonds is 3. The fraction of sp³-hybridized carbons (Fsp3) is 0.727. The van der Waals surface area contributed by atoms with Gasteiger partial charge in [0.2, 0.25) is 0 Å². The molecule has 0 aliphatic heterocycles. The minimum Gasteiger partial charge on any atom is -0.392 e. The molecule has 0 bridgehead atoms. The molecule has 1 fully saturated rings. The summed E-state index contributed by atoms with van der Waals surface area (Å²) in [5, 5.41) is 13.1. The molecule has 2 rings (SSSR count). The van der Waals surface area contributed by atoms with Crippen LogP contribution in [0.4, 0.5) is 0 Å². The standard InChI is InChI=1S/C11H19N3O/c1-8-12-6-9(14-8)7-13-10-4-2-3-5-11(10)15/h6,10-11,13,15H,2-5,7H2,1H3,(H,12,14). The number of aryl methyl sites for hydroxylation is 1. The van der Waals surface area contributed by atoms with Gasteiger partial charge in [0, 0.05) is 24.5 Å². The van der Waals surface area contributed by atoms with Crippen LogP contribution in [0.5, 0.6) is 0 Å². The van der Waals surface area contributed by atoms with Gasteiger partial charge >= 0.3 is 0 Å². The first-order chi connectivity index (χ1) is 7.25. The van der Waals surface area contributed by atoms with E-state index in [0.717, 1.165) is 37.3 Å². The number of hydrogen-bond donors (Lipinski definition) is 3. The average Bonchev–Trinajstić information content (AvgIpc) is 2.63. The van der Waals surface area contributed by atoms with Crippen LogP contribution in [0.3, 0.4) is 0 Å². The van der Waals surface area contributed by atoms with Crippen molar-refractivity contribution in [3.8, 4) is 0 Å². The van der Waals surface area contributed by atoms with E-state index >= 15 is 0 Å². The molecule has 1 heterocycles. The molecular weight excluding hydrogens is 190 g/mol. The van der Waals surface area contributed by atoms with Crippen molar-refractivity contribution in [3.05, 3.63) is 17.7 Å². The SMILES string of the molecule is Cc1ncc(CNC2CCCCC2O)[nH]1. The molecule has 1 saturated carbocycles. The molecule has 1 aliphatic carbocycles. The molecule has 1 aromatic rings. The van der Waals surface area contributed by atoms with Crippen molar-refractivity contribution in [2.24, 2.45) is 0 Å². The van der Waals surface area contributed by atoms with Crippen LogP contribution in [0, 0.1) is 6.92 Å². The maximum atomic E-state index is 9.76. The van der Waals surface area contributed by atoms with E-state index in [4.69, 9.17) is 0 Å². The van der Waals surface area contributed by atoms with Crippen LogP contribution < -0.4 is 5.32 Å². The quantitative estimate of drug-likeness (QED) is 0.699. The monoisotopic (exact) mass is 209 g/mol.